The monoisotopic (exact) mass is 205 g/mol. The average Bonchev–Trinajstić information content (AvgIpc) is 1.94. The molecule has 13 heavy (non-hydrogen) atoms. The Labute approximate surface area is 85.3 Å². The van der Waals surface area contributed by atoms with Gasteiger partial charge < -0.3 is 10.4 Å². The highest BCUT2D eigenvalue weighted by atomic mass is 32.1. The van der Waals surface area contributed by atoms with E-state index in [1.807, 2.05) is 0 Å². The topological polar surface area (TPSA) is 49.3 Å². The highest BCUT2D eigenvalue weighted by molar-refractivity contribution is 7.81. The van der Waals surface area contributed by atoms with Gasteiger partial charge in [0.15, 0.2) is 0 Å². The molecule has 0 aliphatic rings. The summed E-state index contributed by atoms with van der Waals surface area (Å²) in [5.41, 5.74) is 0. The summed E-state index contributed by atoms with van der Waals surface area (Å²) in [4.78, 5) is 10.8. The molecule has 0 radical (unpaired) electrons. The largest absolute Gasteiger partial charge is 0.480 e. The highest BCUT2D eigenvalue weighted by Gasteiger charge is 2.31. The number of hydrogen-bond donors (Lipinski definition) is 3. The van der Waals surface area contributed by atoms with Crippen LogP contribution in [0.2, 0.25) is 0 Å². The van der Waals surface area contributed by atoms with Crippen LogP contribution in [0.3, 0.4) is 0 Å². The summed E-state index contributed by atoms with van der Waals surface area (Å²) >= 11 is 4.25. The molecule has 0 heterocycles. The molecular formula is C9H19NO2S. The lowest BCUT2D eigenvalue weighted by Gasteiger charge is -2.26. The number of carboxylic acids is 1. The molecule has 0 amide bonds. The van der Waals surface area contributed by atoms with E-state index in [0.717, 1.165) is 19.4 Å². The summed E-state index contributed by atoms with van der Waals surface area (Å²) in [5, 5.41) is 11.9. The van der Waals surface area contributed by atoms with E-state index in [-0.39, 0.29) is 0 Å². The Morgan fingerprint density at radius 3 is 2.46 bits per heavy atom. The van der Waals surface area contributed by atoms with Gasteiger partial charge in [-0.2, -0.15) is 12.6 Å². The number of aliphatic carboxylic acids is 1. The molecule has 0 unspecified atom stereocenters. The fourth-order valence-electron chi connectivity index (χ4n) is 1.06. The van der Waals surface area contributed by atoms with Crippen molar-refractivity contribution in [2.75, 3.05) is 6.54 Å². The van der Waals surface area contributed by atoms with Gasteiger partial charge in [-0.1, -0.05) is 13.3 Å². The number of rotatable bonds is 6. The molecule has 4 heteroatoms. The maximum atomic E-state index is 10.8. The van der Waals surface area contributed by atoms with Gasteiger partial charge >= 0.3 is 5.97 Å². The van der Waals surface area contributed by atoms with E-state index < -0.39 is 16.8 Å². The molecule has 0 saturated heterocycles. The Morgan fingerprint density at radius 1 is 1.62 bits per heavy atom. The van der Waals surface area contributed by atoms with Crippen molar-refractivity contribution in [3.05, 3.63) is 0 Å². The number of nitrogens with one attached hydrogen (secondary N) is 1. The van der Waals surface area contributed by atoms with Gasteiger partial charge in [-0.25, -0.2) is 0 Å². The van der Waals surface area contributed by atoms with Crippen LogP contribution in [0.5, 0.6) is 0 Å². The number of carbonyl (C=O) groups is 1. The van der Waals surface area contributed by atoms with E-state index >= 15 is 0 Å². The third kappa shape index (κ3) is 5.16. The number of hydrogen-bond acceptors (Lipinski definition) is 3. The quantitative estimate of drug-likeness (QED) is 0.455. The van der Waals surface area contributed by atoms with Crippen molar-refractivity contribution in [2.24, 2.45) is 0 Å². The molecule has 0 aromatic rings. The first-order chi connectivity index (χ1) is 5.89. The number of thiol groups is 1. The number of unbranched alkanes of at least 4 members (excludes halogenated alkanes) is 1. The highest BCUT2D eigenvalue weighted by Crippen LogP contribution is 2.17. The van der Waals surface area contributed by atoms with Crippen molar-refractivity contribution >= 4 is 18.6 Å². The first-order valence-corrected chi connectivity index (χ1v) is 5.03. The number of carboxylic acid groups (broad SMARTS) is 1. The summed E-state index contributed by atoms with van der Waals surface area (Å²) in [6.45, 7) is 6.41. The van der Waals surface area contributed by atoms with Crippen molar-refractivity contribution in [3.63, 3.8) is 0 Å². The molecule has 1 atom stereocenters. The predicted octanol–water partition coefficient (Wildman–Crippen LogP) is 1.54. The summed E-state index contributed by atoms with van der Waals surface area (Å²) in [6.07, 6.45) is 2.06. The Balaban J connectivity index is 4.04. The van der Waals surface area contributed by atoms with Gasteiger partial charge in [0.25, 0.3) is 0 Å². The summed E-state index contributed by atoms with van der Waals surface area (Å²) in [7, 11) is 0. The fraction of sp³-hybridized carbons (Fsp3) is 0.889. The lowest BCUT2D eigenvalue weighted by molar-refractivity contribution is -0.140. The molecule has 0 rings (SSSR count). The molecule has 0 saturated carbocycles. The SMILES string of the molecule is CCCCN[C@H](C(=O)O)C(C)(C)S. The smallest absolute Gasteiger partial charge is 0.322 e. The Kier molecular flexibility index (Phi) is 5.40. The standard InChI is InChI=1S/C9H19NO2S/c1-4-5-6-10-7(8(11)12)9(2,3)13/h7,10,13H,4-6H2,1-3H3,(H,11,12)/t7-/m1/s1. The van der Waals surface area contributed by atoms with Crippen LogP contribution in [-0.4, -0.2) is 28.4 Å². The second-order valence-corrected chi connectivity index (χ2v) is 4.89. The summed E-state index contributed by atoms with van der Waals surface area (Å²) in [5.74, 6) is -0.837. The van der Waals surface area contributed by atoms with Crippen LogP contribution in [-0.2, 0) is 4.79 Å². The zero-order valence-corrected chi connectivity index (χ0v) is 9.40. The van der Waals surface area contributed by atoms with E-state index in [1.165, 1.54) is 0 Å². The van der Waals surface area contributed by atoms with Crippen LogP contribution < -0.4 is 5.32 Å². The minimum absolute atomic E-state index is 0.528. The average molecular weight is 205 g/mol. The van der Waals surface area contributed by atoms with Gasteiger partial charge in [0.1, 0.15) is 6.04 Å². The molecule has 0 aromatic carbocycles. The Hall–Kier alpha value is -0.220. The zero-order chi connectivity index (χ0) is 10.5. The molecule has 78 valence electrons. The van der Waals surface area contributed by atoms with Gasteiger partial charge in [0.2, 0.25) is 0 Å². The van der Waals surface area contributed by atoms with Crippen LogP contribution in [0.15, 0.2) is 0 Å². The van der Waals surface area contributed by atoms with Gasteiger partial charge in [0.05, 0.1) is 0 Å². The van der Waals surface area contributed by atoms with Crippen molar-refractivity contribution < 1.29 is 9.90 Å². The van der Waals surface area contributed by atoms with Crippen molar-refractivity contribution in [3.8, 4) is 0 Å². The van der Waals surface area contributed by atoms with E-state index in [9.17, 15) is 4.79 Å². The van der Waals surface area contributed by atoms with Crippen molar-refractivity contribution in [2.45, 2.75) is 44.4 Å². The predicted molar refractivity (Wildman–Crippen MR) is 57.4 cm³/mol. The van der Waals surface area contributed by atoms with Crippen LogP contribution >= 0.6 is 12.6 Å². The van der Waals surface area contributed by atoms with Crippen LogP contribution in [0.25, 0.3) is 0 Å². The third-order valence-corrected chi connectivity index (χ3v) is 2.09. The van der Waals surface area contributed by atoms with Crippen LogP contribution in [0.4, 0.5) is 0 Å². The van der Waals surface area contributed by atoms with Crippen LogP contribution in [0, 0.1) is 0 Å². The lowest BCUT2D eigenvalue weighted by Crippen LogP contribution is -2.49. The van der Waals surface area contributed by atoms with Gasteiger partial charge in [-0.15, -0.1) is 0 Å². The van der Waals surface area contributed by atoms with Gasteiger partial charge in [-0.05, 0) is 26.8 Å². The van der Waals surface area contributed by atoms with E-state index in [1.54, 1.807) is 13.8 Å². The molecule has 0 spiro atoms. The molecular weight excluding hydrogens is 186 g/mol. The normalized spacial score (nSPS) is 14.2. The fourth-order valence-corrected chi connectivity index (χ4v) is 1.26. The second-order valence-electron chi connectivity index (χ2n) is 3.73. The molecule has 2 N–H and O–H groups in total. The van der Waals surface area contributed by atoms with Gasteiger partial charge in [-0.3, -0.25) is 4.79 Å². The Morgan fingerprint density at radius 2 is 2.15 bits per heavy atom. The zero-order valence-electron chi connectivity index (χ0n) is 8.50. The second kappa shape index (κ2) is 5.50. The molecule has 0 aromatic heterocycles. The molecule has 0 aliphatic heterocycles. The minimum Gasteiger partial charge on any atom is -0.480 e. The first kappa shape index (κ1) is 12.8. The van der Waals surface area contributed by atoms with E-state index in [2.05, 4.69) is 24.9 Å². The Bertz CT molecular complexity index is 165. The summed E-state index contributed by atoms with van der Waals surface area (Å²) < 4.78 is -0.528. The molecule has 0 fully saturated rings. The minimum atomic E-state index is -0.837. The maximum Gasteiger partial charge on any atom is 0.322 e. The lowest BCUT2D eigenvalue weighted by atomic mass is 10.0. The maximum absolute atomic E-state index is 10.8. The van der Waals surface area contributed by atoms with E-state index in [0.29, 0.717) is 0 Å². The molecule has 0 bridgehead atoms. The first-order valence-electron chi connectivity index (χ1n) is 4.58. The van der Waals surface area contributed by atoms with Crippen molar-refractivity contribution in [1.82, 2.24) is 5.32 Å². The third-order valence-electron chi connectivity index (χ3n) is 1.83. The van der Waals surface area contributed by atoms with E-state index in [4.69, 9.17) is 5.11 Å². The molecule has 3 nitrogen and oxygen atoms in total. The van der Waals surface area contributed by atoms with Crippen molar-refractivity contribution in [1.29, 1.82) is 0 Å². The molecule has 0 aliphatic carbocycles. The van der Waals surface area contributed by atoms with Gasteiger partial charge in [0, 0.05) is 4.75 Å². The van der Waals surface area contributed by atoms with Crippen LogP contribution in [0.1, 0.15) is 33.6 Å². The summed E-state index contributed by atoms with van der Waals surface area (Å²) in [6, 6.07) is -0.581.